The van der Waals surface area contributed by atoms with E-state index in [0.717, 1.165) is 16.7 Å². The molecule has 0 unspecified atom stereocenters. The normalized spacial score (nSPS) is 10.7. The summed E-state index contributed by atoms with van der Waals surface area (Å²) in [6.07, 6.45) is 1.71. The Labute approximate surface area is 115 Å². The molecule has 0 aliphatic rings. The fourth-order valence-electron chi connectivity index (χ4n) is 1.98. The number of hydrogen-bond donors (Lipinski definition) is 1. The lowest BCUT2D eigenvalue weighted by Crippen LogP contribution is -1.87. The summed E-state index contributed by atoms with van der Waals surface area (Å²) in [5, 5.41) is 13.4. The van der Waals surface area contributed by atoms with E-state index in [9.17, 15) is 5.11 Å². The molecule has 0 bridgehead atoms. The Morgan fingerprint density at radius 3 is 2.70 bits per heavy atom. The Balaban J connectivity index is 2.02. The second kappa shape index (κ2) is 4.77. The maximum Gasteiger partial charge on any atom is 0.258 e. The number of pyridine rings is 1. The molecule has 0 aliphatic heterocycles. The first kappa shape index (κ1) is 12.3. The minimum Gasteiger partial charge on any atom is -0.508 e. The molecule has 0 atom stereocenters. The quantitative estimate of drug-likeness (QED) is 0.772. The van der Waals surface area contributed by atoms with Crippen molar-refractivity contribution in [3.63, 3.8) is 0 Å². The lowest BCUT2D eigenvalue weighted by atomic mass is 10.1. The number of phenols is 1. The second-order valence-electron chi connectivity index (χ2n) is 4.64. The highest BCUT2D eigenvalue weighted by Gasteiger charge is 2.13. The van der Waals surface area contributed by atoms with Crippen LogP contribution in [0.5, 0.6) is 5.75 Å². The zero-order valence-electron chi connectivity index (χ0n) is 11.2. The van der Waals surface area contributed by atoms with Gasteiger partial charge in [0.15, 0.2) is 0 Å². The van der Waals surface area contributed by atoms with Crippen LogP contribution >= 0.6 is 0 Å². The third-order valence-corrected chi connectivity index (χ3v) is 3.01. The minimum atomic E-state index is 0.214. The second-order valence-corrected chi connectivity index (χ2v) is 4.64. The Morgan fingerprint density at radius 1 is 1.10 bits per heavy atom. The van der Waals surface area contributed by atoms with Gasteiger partial charge in [-0.05, 0) is 55.3 Å². The molecular weight excluding hydrogens is 254 g/mol. The van der Waals surface area contributed by atoms with Crippen molar-refractivity contribution < 1.29 is 9.63 Å². The highest BCUT2D eigenvalue weighted by atomic mass is 16.5. The molecule has 0 saturated carbocycles. The number of benzene rings is 1. The third-order valence-electron chi connectivity index (χ3n) is 3.01. The summed E-state index contributed by atoms with van der Waals surface area (Å²) in [4.78, 5) is 8.59. The van der Waals surface area contributed by atoms with E-state index in [-0.39, 0.29) is 5.75 Å². The Bertz CT molecular complexity index is 765. The molecule has 5 heteroatoms. The van der Waals surface area contributed by atoms with Crippen LogP contribution in [0, 0.1) is 13.8 Å². The van der Waals surface area contributed by atoms with Crippen LogP contribution in [0.4, 0.5) is 0 Å². The van der Waals surface area contributed by atoms with Gasteiger partial charge in [0.25, 0.3) is 5.89 Å². The number of aryl methyl sites for hydroxylation is 2. The van der Waals surface area contributed by atoms with Gasteiger partial charge in [-0.3, -0.25) is 4.98 Å². The van der Waals surface area contributed by atoms with Crippen molar-refractivity contribution in [1.82, 2.24) is 15.1 Å². The largest absolute Gasteiger partial charge is 0.508 e. The van der Waals surface area contributed by atoms with E-state index in [1.54, 1.807) is 24.4 Å². The molecule has 0 amide bonds. The predicted molar refractivity (Wildman–Crippen MR) is 74.1 cm³/mol. The summed E-state index contributed by atoms with van der Waals surface area (Å²) in [6, 6.07) is 8.82. The van der Waals surface area contributed by atoms with E-state index in [0.29, 0.717) is 17.4 Å². The van der Waals surface area contributed by atoms with E-state index in [1.807, 2.05) is 26.0 Å². The van der Waals surface area contributed by atoms with Gasteiger partial charge in [-0.2, -0.15) is 4.98 Å². The summed E-state index contributed by atoms with van der Waals surface area (Å²) >= 11 is 0. The zero-order chi connectivity index (χ0) is 14.1. The molecule has 0 saturated heterocycles. The van der Waals surface area contributed by atoms with E-state index < -0.39 is 0 Å². The van der Waals surface area contributed by atoms with Gasteiger partial charge in [0, 0.05) is 11.8 Å². The molecule has 5 nitrogen and oxygen atoms in total. The number of aromatic hydroxyl groups is 1. The molecule has 100 valence electrons. The highest BCUT2D eigenvalue weighted by Crippen LogP contribution is 2.26. The molecule has 20 heavy (non-hydrogen) atoms. The average Bonchev–Trinajstić information content (AvgIpc) is 2.88. The maximum absolute atomic E-state index is 9.42. The molecular formula is C15H13N3O2. The van der Waals surface area contributed by atoms with Gasteiger partial charge in [0.2, 0.25) is 5.82 Å². The smallest absolute Gasteiger partial charge is 0.258 e. The predicted octanol–water partition coefficient (Wildman–Crippen LogP) is 3.12. The van der Waals surface area contributed by atoms with Crippen molar-refractivity contribution in [2.45, 2.75) is 13.8 Å². The summed E-state index contributed by atoms with van der Waals surface area (Å²) in [6.45, 7) is 3.86. The maximum atomic E-state index is 9.42. The Morgan fingerprint density at radius 2 is 1.95 bits per heavy atom. The van der Waals surface area contributed by atoms with Crippen molar-refractivity contribution in [3.8, 4) is 28.7 Å². The summed E-state index contributed by atoms with van der Waals surface area (Å²) in [7, 11) is 0. The van der Waals surface area contributed by atoms with Crippen LogP contribution in [0.1, 0.15) is 11.1 Å². The van der Waals surface area contributed by atoms with Crippen molar-refractivity contribution in [2.24, 2.45) is 0 Å². The first-order chi connectivity index (χ1) is 9.63. The van der Waals surface area contributed by atoms with Gasteiger partial charge in [-0.25, -0.2) is 0 Å². The fraction of sp³-hybridized carbons (Fsp3) is 0.133. The SMILES string of the molecule is Cc1ccnc(-c2noc(-c3ccc(O)cc3C)n2)c1. The molecule has 1 aromatic carbocycles. The molecule has 0 fully saturated rings. The topological polar surface area (TPSA) is 72.0 Å². The van der Waals surface area contributed by atoms with Crippen molar-refractivity contribution in [1.29, 1.82) is 0 Å². The number of hydrogen-bond acceptors (Lipinski definition) is 5. The Hall–Kier alpha value is -2.69. The van der Waals surface area contributed by atoms with Gasteiger partial charge >= 0.3 is 0 Å². The van der Waals surface area contributed by atoms with Gasteiger partial charge in [-0.1, -0.05) is 5.16 Å². The molecule has 3 aromatic rings. The van der Waals surface area contributed by atoms with Crippen LogP contribution in [-0.4, -0.2) is 20.2 Å². The molecule has 1 N–H and O–H groups in total. The number of phenolic OH excluding ortho intramolecular Hbond substituents is 1. The van der Waals surface area contributed by atoms with Crippen LogP contribution in [0.3, 0.4) is 0 Å². The van der Waals surface area contributed by atoms with E-state index >= 15 is 0 Å². The van der Waals surface area contributed by atoms with Gasteiger partial charge in [0.1, 0.15) is 11.4 Å². The van der Waals surface area contributed by atoms with Crippen LogP contribution in [0.25, 0.3) is 23.0 Å². The fourth-order valence-corrected chi connectivity index (χ4v) is 1.98. The van der Waals surface area contributed by atoms with Gasteiger partial charge in [0.05, 0.1) is 0 Å². The molecule has 0 spiro atoms. The monoisotopic (exact) mass is 267 g/mol. The first-order valence-electron chi connectivity index (χ1n) is 6.20. The lowest BCUT2D eigenvalue weighted by molar-refractivity contribution is 0.431. The van der Waals surface area contributed by atoms with Gasteiger partial charge < -0.3 is 9.63 Å². The van der Waals surface area contributed by atoms with Crippen LogP contribution in [-0.2, 0) is 0 Å². The standard InChI is InChI=1S/C15H13N3O2/c1-9-5-6-16-13(7-9)14-17-15(20-18-14)12-4-3-11(19)8-10(12)2/h3-8,19H,1-2H3. The molecule has 0 radical (unpaired) electrons. The van der Waals surface area contributed by atoms with Crippen LogP contribution in [0.15, 0.2) is 41.1 Å². The van der Waals surface area contributed by atoms with Crippen LogP contribution in [0.2, 0.25) is 0 Å². The van der Waals surface area contributed by atoms with Crippen molar-refractivity contribution >= 4 is 0 Å². The lowest BCUT2D eigenvalue weighted by Gasteiger charge is -2.00. The highest BCUT2D eigenvalue weighted by molar-refractivity contribution is 5.62. The number of rotatable bonds is 2. The summed E-state index contributed by atoms with van der Waals surface area (Å²) < 4.78 is 5.28. The molecule has 0 aliphatic carbocycles. The van der Waals surface area contributed by atoms with Crippen LogP contribution < -0.4 is 0 Å². The minimum absolute atomic E-state index is 0.214. The molecule has 2 aromatic heterocycles. The zero-order valence-corrected chi connectivity index (χ0v) is 11.2. The molecule has 3 rings (SSSR count). The average molecular weight is 267 g/mol. The van der Waals surface area contributed by atoms with Crippen molar-refractivity contribution in [3.05, 3.63) is 47.7 Å². The molecule has 2 heterocycles. The number of aromatic nitrogens is 3. The summed E-state index contributed by atoms with van der Waals surface area (Å²) in [5.74, 6) is 1.09. The van der Waals surface area contributed by atoms with E-state index in [4.69, 9.17) is 4.52 Å². The van der Waals surface area contributed by atoms with E-state index in [1.165, 1.54) is 0 Å². The van der Waals surface area contributed by atoms with E-state index in [2.05, 4.69) is 15.1 Å². The van der Waals surface area contributed by atoms with Gasteiger partial charge in [-0.15, -0.1) is 0 Å². The third kappa shape index (κ3) is 2.25. The van der Waals surface area contributed by atoms with Crippen molar-refractivity contribution in [2.75, 3.05) is 0 Å². The summed E-state index contributed by atoms with van der Waals surface area (Å²) in [5.41, 5.74) is 3.44. The Kier molecular flexibility index (Phi) is 2.95. The number of nitrogens with zero attached hydrogens (tertiary/aromatic N) is 3. The first-order valence-corrected chi connectivity index (χ1v) is 6.20.